The second-order valence-corrected chi connectivity index (χ2v) is 2.51. The minimum atomic E-state index is 0.227. The molecule has 50 valence electrons. The van der Waals surface area contributed by atoms with Crippen molar-refractivity contribution in [2.75, 3.05) is 0 Å². The molecular formula is C7H11NO. The van der Waals surface area contributed by atoms with Crippen molar-refractivity contribution in [1.82, 2.24) is 0 Å². The van der Waals surface area contributed by atoms with E-state index in [0.717, 1.165) is 12.8 Å². The van der Waals surface area contributed by atoms with Gasteiger partial charge in [-0.05, 0) is 19.8 Å². The molecule has 2 nitrogen and oxygen atoms in total. The molecule has 0 N–H and O–H groups in total. The summed E-state index contributed by atoms with van der Waals surface area (Å²) >= 11 is 0. The third kappa shape index (κ3) is 1.69. The summed E-state index contributed by atoms with van der Waals surface area (Å²) in [7, 11) is 0. The molecule has 0 aliphatic carbocycles. The van der Waals surface area contributed by atoms with Gasteiger partial charge in [0, 0.05) is 0 Å². The Morgan fingerprint density at radius 1 is 1.67 bits per heavy atom. The number of rotatable bonds is 1. The number of ether oxygens (including phenoxy) is 1. The van der Waals surface area contributed by atoms with Gasteiger partial charge in [-0.3, -0.25) is 0 Å². The zero-order valence-electron chi connectivity index (χ0n) is 5.63. The van der Waals surface area contributed by atoms with Crippen molar-refractivity contribution in [2.24, 2.45) is 0 Å². The smallest absolute Gasteiger partial charge is 0.0709 e. The van der Waals surface area contributed by atoms with Gasteiger partial charge in [-0.2, -0.15) is 5.26 Å². The summed E-state index contributed by atoms with van der Waals surface area (Å²) in [5.74, 6) is 0. The van der Waals surface area contributed by atoms with E-state index in [0.29, 0.717) is 12.5 Å². The van der Waals surface area contributed by atoms with Crippen LogP contribution in [0.4, 0.5) is 0 Å². The third-order valence-electron chi connectivity index (χ3n) is 1.64. The molecule has 0 radical (unpaired) electrons. The summed E-state index contributed by atoms with van der Waals surface area (Å²) in [6, 6.07) is 2.11. The zero-order valence-corrected chi connectivity index (χ0v) is 5.63. The van der Waals surface area contributed by atoms with Crippen LogP contribution in [0.5, 0.6) is 0 Å². The second-order valence-electron chi connectivity index (χ2n) is 2.51. The van der Waals surface area contributed by atoms with E-state index in [1.165, 1.54) is 0 Å². The minimum Gasteiger partial charge on any atom is -0.374 e. The van der Waals surface area contributed by atoms with Crippen molar-refractivity contribution >= 4 is 0 Å². The predicted octanol–water partition coefficient (Wildman–Crippen LogP) is 1.47. The lowest BCUT2D eigenvalue weighted by Crippen LogP contribution is -2.06. The van der Waals surface area contributed by atoms with Gasteiger partial charge in [-0.1, -0.05) is 0 Å². The molecule has 1 fully saturated rings. The van der Waals surface area contributed by atoms with Gasteiger partial charge in [-0.25, -0.2) is 0 Å². The second kappa shape index (κ2) is 2.84. The summed E-state index contributed by atoms with van der Waals surface area (Å²) in [5, 5.41) is 8.28. The van der Waals surface area contributed by atoms with Crippen LogP contribution in [0.2, 0.25) is 0 Å². The van der Waals surface area contributed by atoms with E-state index < -0.39 is 0 Å². The number of hydrogen-bond acceptors (Lipinski definition) is 2. The quantitative estimate of drug-likeness (QED) is 0.531. The van der Waals surface area contributed by atoms with Crippen LogP contribution in [0, 0.1) is 11.3 Å². The fourth-order valence-electron chi connectivity index (χ4n) is 1.14. The Morgan fingerprint density at radius 3 is 2.89 bits per heavy atom. The van der Waals surface area contributed by atoms with Gasteiger partial charge >= 0.3 is 0 Å². The van der Waals surface area contributed by atoms with E-state index in [4.69, 9.17) is 10.00 Å². The maximum atomic E-state index is 8.28. The monoisotopic (exact) mass is 125 g/mol. The fraction of sp³-hybridized carbons (Fsp3) is 0.857. The molecule has 1 aliphatic rings. The first-order valence-electron chi connectivity index (χ1n) is 3.35. The van der Waals surface area contributed by atoms with E-state index in [-0.39, 0.29) is 6.10 Å². The summed E-state index contributed by atoms with van der Waals surface area (Å²) < 4.78 is 5.38. The van der Waals surface area contributed by atoms with Crippen LogP contribution in [-0.2, 0) is 4.74 Å². The van der Waals surface area contributed by atoms with Crippen LogP contribution < -0.4 is 0 Å². The molecule has 0 spiro atoms. The number of hydrogen-bond donors (Lipinski definition) is 0. The van der Waals surface area contributed by atoms with Gasteiger partial charge in [0.05, 0.1) is 24.7 Å². The number of nitriles is 1. The van der Waals surface area contributed by atoms with E-state index in [1.54, 1.807) is 0 Å². The van der Waals surface area contributed by atoms with E-state index in [1.807, 2.05) is 0 Å². The van der Waals surface area contributed by atoms with Crippen LogP contribution in [0.25, 0.3) is 0 Å². The highest BCUT2D eigenvalue weighted by Gasteiger charge is 2.20. The van der Waals surface area contributed by atoms with E-state index in [2.05, 4.69) is 13.0 Å². The Kier molecular flexibility index (Phi) is 2.07. The fourth-order valence-corrected chi connectivity index (χ4v) is 1.14. The van der Waals surface area contributed by atoms with Crippen molar-refractivity contribution in [3.63, 3.8) is 0 Å². The molecule has 0 aromatic heterocycles. The first-order valence-corrected chi connectivity index (χ1v) is 3.35. The Labute approximate surface area is 55.4 Å². The van der Waals surface area contributed by atoms with Crippen molar-refractivity contribution in [3.8, 4) is 6.07 Å². The highest BCUT2D eigenvalue weighted by atomic mass is 16.5. The van der Waals surface area contributed by atoms with Crippen LogP contribution >= 0.6 is 0 Å². The lowest BCUT2D eigenvalue weighted by molar-refractivity contribution is 0.0589. The Morgan fingerprint density at radius 2 is 2.44 bits per heavy atom. The molecule has 1 saturated heterocycles. The van der Waals surface area contributed by atoms with E-state index >= 15 is 0 Å². The average molecular weight is 125 g/mol. The molecule has 2 unspecified atom stereocenters. The van der Waals surface area contributed by atoms with Gasteiger partial charge in [0.25, 0.3) is 0 Å². The summed E-state index contributed by atoms with van der Waals surface area (Å²) in [4.78, 5) is 0. The third-order valence-corrected chi connectivity index (χ3v) is 1.64. The zero-order chi connectivity index (χ0) is 6.69. The van der Waals surface area contributed by atoms with Crippen molar-refractivity contribution in [3.05, 3.63) is 0 Å². The summed E-state index contributed by atoms with van der Waals surface area (Å²) in [6.45, 7) is 2.05. The predicted molar refractivity (Wildman–Crippen MR) is 33.8 cm³/mol. The Bertz CT molecular complexity index is 127. The molecule has 0 saturated carbocycles. The topological polar surface area (TPSA) is 33.0 Å². The van der Waals surface area contributed by atoms with Crippen LogP contribution in [0.15, 0.2) is 0 Å². The lowest BCUT2D eigenvalue weighted by atomic mass is 10.2. The first-order chi connectivity index (χ1) is 4.33. The van der Waals surface area contributed by atoms with Gasteiger partial charge in [0.15, 0.2) is 0 Å². The molecule has 0 aromatic rings. The van der Waals surface area contributed by atoms with Gasteiger partial charge in [0.1, 0.15) is 0 Å². The molecule has 1 heterocycles. The highest BCUT2D eigenvalue weighted by molar-refractivity contribution is 4.80. The lowest BCUT2D eigenvalue weighted by Gasteiger charge is -2.04. The molecule has 0 bridgehead atoms. The van der Waals surface area contributed by atoms with Crippen LogP contribution in [0.3, 0.4) is 0 Å². The summed E-state index contributed by atoms with van der Waals surface area (Å²) in [6.07, 6.45) is 3.35. The van der Waals surface area contributed by atoms with Crippen molar-refractivity contribution in [1.29, 1.82) is 5.26 Å². The van der Waals surface area contributed by atoms with Crippen molar-refractivity contribution < 1.29 is 4.74 Å². The van der Waals surface area contributed by atoms with Crippen molar-refractivity contribution in [2.45, 2.75) is 38.4 Å². The molecule has 9 heavy (non-hydrogen) atoms. The van der Waals surface area contributed by atoms with E-state index in [9.17, 15) is 0 Å². The largest absolute Gasteiger partial charge is 0.374 e. The van der Waals surface area contributed by atoms with Gasteiger partial charge in [-0.15, -0.1) is 0 Å². The average Bonchev–Trinajstić information content (AvgIpc) is 2.17. The summed E-state index contributed by atoms with van der Waals surface area (Å²) in [5.41, 5.74) is 0. The normalized spacial score (nSPS) is 34.2. The van der Waals surface area contributed by atoms with Gasteiger partial charge < -0.3 is 4.74 Å². The SMILES string of the molecule is CC1CCC(CC#N)O1. The molecule has 0 aromatic carbocycles. The minimum absolute atomic E-state index is 0.227. The molecule has 1 rings (SSSR count). The molecule has 2 heteroatoms. The van der Waals surface area contributed by atoms with Gasteiger partial charge in [0.2, 0.25) is 0 Å². The Balaban J connectivity index is 2.24. The highest BCUT2D eigenvalue weighted by Crippen LogP contribution is 2.20. The maximum Gasteiger partial charge on any atom is 0.0709 e. The number of nitrogens with zero attached hydrogens (tertiary/aromatic N) is 1. The molecule has 2 atom stereocenters. The molecule has 1 aliphatic heterocycles. The van der Waals surface area contributed by atoms with Crippen LogP contribution in [-0.4, -0.2) is 12.2 Å². The molecular weight excluding hydrogens is 114 g/mol. The Hall–Kier alpha value is -0.550. The molecule has 0 amide bonds. The van der Waals surface area contributed by atoms with Crippen LogP contribution in [0.1, 0.15) is 26.2 Å². The standard InChI is InChI=1S/C7H11NO/c1-6-2-3-7(9-6)4-5-8/h6-7H,2-4H2,1H3. The maximum absolute atomic E-state index is 8.28. The first kappa shape index (κ1) is 6.57.